The van der Waals surface area contributed by atoms with Crippen LogP contribution in [0.25, 0.3) is 53.6 Å². The lowest BCUT2D eigenvalue weighted by Crippen LogP contribution is -2.15. The minimum absolute atomic E-state index is 0.0274. The first kappa shape index (κ1) is 29.7. The van der Waals surface area contributed by atoms with Crippen LogP contribution in [0.1, 0.15) is 36.1 Å². The molecule has 0 saturated carbocycles. The zero-order valence-corrected chi connectivity index (χ0v) is 29.1. The number of rotatable bonds is 5. The SMILES string of the molecule is Cc1ccccc1-c1ccc(-c2cccc3c2sc2c(N(c4ccccc4)c4ccc5c(c4)-c4ccccc4C5(C)C)cccc23)cc1C. The normalized spacial score (nSPS) is 13.1. The lowest BCUT2D eigenvalue weighted by atomic mass is 9.82. The quantitative estimate of drug-likeness (QED) is 0.180. The molecule has 0 aliphatic heterocycles. The third kappa shape index (κ3) is 4.66. The number of para-hydroxylation sites is 1. The van der Waals surface area contributed by atoms with Crippen molar-refractivity contribution in [2.45, 2.75) is 33.1 Å². The van der Waals surface area contributed by atoms with E-state index in [1.807, 2.05) is 11.3 Å². The number of anilines is 3. The first-order valence-electron chi connectivity index (χ1n) is 17.1. The topological polar surface area (TPSA) is 3.24 Å². The Morgan fingerprint density at radius 3 is 1.90 bits per heavy atom. The molecule has 7 aromatic carbocycles. The van der Waals surface area contributed by atoms with Gasteiger partial charge in [-0.3, -0.25) is 0 Å². The smallest absolute Gasteiger partial charge is 0.0640 e. The van der Waals surface area contributed by atoms with Crippen molar-refractivity contribution in [2.75, 3.05) is 4.90 Å². The molecule has 8 aromatic rings. The molecule has 2 heteroatoms. The number of thiophene rings is 1. The summed E-state index contributed by atoms with van der Waals surface area (Å²) in [6.07, 6.45) is 0. The van der Waals surface area contributed by atoms with Gasteiger partial charge in [-0.2, -0.15) is 0 Å². The fraction of sp³-hybridized carbons (Fsp3) is 0.106. The van der Waals surface area contributed by atoms with Gasteiger partial charge >= 0.3 is 0 Å². The summed E-state index contributed by atoms with van der Waals surface area (Å²) < 4.78 is 2.62. The molecule has 0 radical (unpaired) electrons. The molecular weight excluding hydrogens is 611 g/mol. The van der Waals surface area contributed by atoms with Crippen LogP contribution in [0.3, 0.4) is 0 Å². The summed E-state index contributed by atoms with van der Waals surface area (Å²) in [5.41, 5.74) is 16.7. The van der Waals surface area contributed by atoms with Crippen LogP contribution in [0.2, 0.25) is 0 Å². The van der Waals surface area contributed by atoms with E-state index in [-0.39, 0.29) is 5.41 Å². The fourth-order valence-electron chi connectivity index (χ4n) is 8.07. The van der Waals surface area contributed by atoms with Crippen LogP contribution in [0.15, 0.2) is 152 Å². The van der Waals surface area contributed by atoms with Crippen LogP contribution in [0.4, 0.5) is 17.1 Å². The highest BCUT2D eigenvalue weighted by molar-refractivity contribution is 7.27. The standard InChI is InChI=1S/C47H37NS/c1-30-14-8-9-17-35(30)36-26-24-32(28-31(36)2)37-19-12-20-39-40-21-13-23-44(46(40)49-45(37)39)48(33-15-6-5-7-16-33)34-25-27-43-41(29-34)38-18-10-11-22-42(38)47(43,3)4/h5-29H,1-4H3. The maximum Gasteiger partial charge on any atom is 0.0640 e. The lowest BCUT2D eigenvalue weighted by molar-refractivity contribution is 0.660. The number of hydrogen-bond donors (Lipinski definition) is 0. The van der Waals surface area contributed by atoms with Crippen molar-refractivity contribution in [2.24, 2.45) is 0 Å². The highest BCUT2D eigenvalue weighted by Gasteiger charge is 2.35. The van der Waals surface area contributed by atoms with Crippen molar-refractivity contribution in [1.29, 1.82) is 0 Å². The third-order valence-electron chi connectivity index (χ3n) is 10.6. The van der Waals surface area contributed by atoms with Crippen LogP contribution < -0.4 is 4.90 Å². The van der Waals surface area contributed by atoms with Gasteiger partial charge in [0.1, 0.15) is 0 Å². The van der Waals surface area contributed by atoms with Gasteiger partial charge in [0.2, 0.25) is 0 Å². The Balaban J connectivity index is 1.22. The maximum atomic E-state index is 2.45. The van der Waals surface area contributed by atoms with E-state index in [1.165, 1.54) is 87.2 Å². The van der Waals surface area contributed by atoms with Crippen molar-refractivity contribution in [3.05, 3.63) is 174 Å². The van der Waals surface area contributed by atoms with Crippen molar-refractivity contribution < 1.29 is 0 Å². The number of benzene rings is 7. The first-order valence-corrected chi connectivity index (χ1v) is 17.9. The predicted molar refractivity (Wildman–Crippen MR) is 212 cm³/mol. The van der Waals surface area contributed by atoms with E-state index < -0.39 is 0 Å². The Labute approximate surface area is 292 Å². The monoisotopic (exact) mass is 647 g/mol. The van der Waals surface area contributed by atoms with Crippen molar-refractivity contribution in [3.63, 3.8) is 0 Å². The second-order valence-corrected chi connectivity index (χ2v) is 14.9. The molecule has 236 valence electrons. The molecule has 0 unspecified atom stereocenters. The van der Waals surface area contributed by atoms with Gasteiger partial charge in [0.05, 0.1) is 10.4 Å². The van der Waals surface area contributed by atoms with Crippen LogP contribution in [0, 0.1) is 13.8 Å². The van der Waals surface area contributed by atoms with E-state index in [2.05, 4.69) is 184 Å². The minimum atomic E-state index is -0.0274. The van der Waals surface area contributed by atoms with Gasteiger partial charge < -0.3 is 4.90 Å². The summed E-state index contributed by atoms with van der Waals surface area (Å²) in [5, 5.41) is 2.60. The van der Waals surface area contributed by atoms with Gasteiger partial charge in [-0.15, -0.1) is 11.3 Å². The molecule has 0 N–H and O–H groups in total. The second kappa shape index (κ2) is 11.3. The zero-order chi connectivity index (χ0) is 33.3. The van der Waals surface area contributed by atoms with Crippen molar-refractivity contribution >= 4 is 48.6 Å². The summed E-state index contributed by atoms with van der Waals surface area (Å²) in [6, 6.07) is 56.0. The Bertz CT molecular complexity index is 2550. The molecule has 1 aliphatic rings. The Morgan fingerprint density at radius 1 is 0.449 bits per heavy atom. The lowest BCUT2D eigenvalue weighted by Gasteiger charge is -2.27. The first-order chi connectivity index (χ1) is 23.9. The summed E-state index contributed by atoms with van der Waals surface area (Å²) >= 11 is 1.91. The molecule has 0 atom stereocenters. The molecule has 0 fully saturated rings. The van der Waals surface area contributed by atoms with Crippen LogP contribution in [0.5, 0.6) is 0 Å². The third-order valence-corrected chi connectivity index (χ3v) is 11.8. The van der Waals surface area contributed by atoms with Crippen molar-refractivity contribution in [3.8, 4) is 33.4 Å². The average molecular weight is 648 g/mol. The molecule has 0 amide bonds. The molecule has 1 nitrogen and oxygen atoms in total. The molecule has 1 aliphatic carbocycles. The molecule has 0 spiro atoms. The van der Waals surface area contributed by atoms with E-state index in [9.17, 15) is 0 Å². The summed E-state index contributed by atoms with van der Waals surface area (Å²) in [5.74, 6) is 0. The predicted octanol–water partition coefficient (Wildman–Crippen LogP) is 13.8. The number of fused-ring (bicyclic) bond motifs is 6. The zero-order valence-electron chi connectivity index (χ0n) is 28.3. The molecule has 0 bridgehead atoms. The summed E-state index contributed by atoms with van der Waals surface area (Å²) in [6.45, 7) is 9.13. The fourth-order valence-corrected chi connectivity index (χ4v) is 9.41. The van der Waals surface area contributed by atoms with E-state index in [0.29, 0.717) is 0 Å². The number of nitrogens with zero attached hydrogens (tertiary/aromatic N) is 1. The molecule has 49 heavy (non-hydrogen) atoms. The average Bonchev–Trinajstić information content (AvgIpc) is 3.62. The van der Waals surface area contributed by atoms with Gasteiger partial charge in [-0.25, -0.2) is 0 Å². The van der Waals surface area contributed by atoms with Crippen LogP contribution >= 0.6 is 11.3 Å². The van der Waals surface area contributed by atoms with E-state index in [1.54, 1.807) is 0 Å². The molecule has 0 saturated heterocycles. The Morgan fingerprint density at radius 2 is 1.10 bits per heavy atom. The van der Waals surface area contributed by atoms with Crippen LogP contribution in [-0.2, 0) is 5.41 Å². The van der Waals surface area contributed by atoms with E-state index in [4.69, 9.17) is 0 Å². The summed E-state index contributed by atoms with van der Waals surface area (Å²) in [7, 11) is 0. The molecular formula is C47H37NS. The minimum Gasteiger partial charge on any atom is -0.309 e. The van der Waals surface area contributed by atoms with Gasteiger partial charge in [0, 0.05) is 32.3 Å². The van der Waals surface area contributed by atoms with Gasteiger partial charge in [0.15, 0.2) is 0 Å². The second-order valence-electron chi connectivity index (χ2n) is 13.9. The van der Waals surface area contributed by atoms with Gasteiger partial charge in [-0.05, 0) is 99.8 Å². The molecule has 9 rings (SSSR count). The number of hydrogen-bond acceptors (Lipinski definition) is 2. The maximum absolute atomic E-state index is 2.45. The molecule has 1 heterocycles. The number of aryl methyl sites for hydroxylation is 2. The largest absolute Gasteiger partial charge is 0.309 e. The van der Waals surface area contributed by atoms with E-state index in [0.717, 1.165) is 5.69 Å². The highest BCUT2D eigenvalue weighted by atomic mass is 32.1. The Hall–Kier alpha value is -5.44. The molecule has 1 aromatic heterocycles. The Kier molecular flexibility index (Phi) is 6.86. The van der Waals surface area contributed by atoms with E-state index >= 15 is 0 Å². The summed E-state index contributed by atoms with van der Waals surface area (Å²) in [4.78, 5) is 2.45. The van der Waals surface area contributed by atoms with Crippen molar-refractivity contribution in [1.82, 2.24) is 0 Å². The van der Waals surface area contributed by atoms with Crippen LogP contribution in [-0.4, -0.2) is 0 Å². The van der Waals surface area contributed by atoms with Gasteiger partial charge in [0.25, 0.3) is 0 Å². The highest BCUT2D eigenvalue weighted by Crippen LogP contribution is 2.52. The van der Waals surface area contributed by atoms with Gasteiger partial charge in [-0.1, -0.05) is 135 Å².